The minimum absolute atomic E-state index is 0.0239. The van der Waals surface area contributed by atoms with E-state index in [9.17, 15) is 4.79 Å². The Hall–Kier alpha value is -1.39. The second-order valence-corrected chi connectivity index (χ2v) is 5.89. The van der Waals surface area contributed by atoms with Crippen molar-refractivity contribution in [2.45, 2.75) is 26.9 Å². The Labute approximate surface area is 114 Å². The number of amides is 1. The smallest absolute Gasteiger partial charge is 0.229 e. The Kier molecular flexibility index (Phi) is 4.22. The molecule has 0 saturated carbocycles. The van der Waals surface area contributed by atoms with Gasteiger partial charge in [-0.3, -0.25) is 4.79 Å². The van der Waals surface area contributed by atoms with E-state index < -0.39 is 0 Å². The first kappa shape index (κ1) is 14.0. The summed E-state index contributed by atoms with van der Waals surface area (Å²) in [5.41, 5.74) is 1.59. The summed E-state index contributed by atoms with van der Waals surface area (Å²) in [5.74, 6) is 0.0239. The number of rotatable bonds is 2. The molecule has 1 aliphatic heterocycles. The fourth-order valence-corrected chi connectivity index (χ4v) is 1.88. The van der Waals surface area contributed by atoms with Gasteiger partial charge in [-0.1, -0.05) is 32.9 Å². The van der Waals surface area contributed by atoms with Gasteiger partial charge in [0.2, 0.25) is 5.91 Å². The molecular weight excluding hydrogens is 240 g/mol. The van der Waals surface area contributed by atoms with E-state index in [1.807, 2.05) is 45.0 Å². The molecule has 1 saturated heterocycles. The fraction of sp³-hybridized carbons (Fsp3) is 0.533. The van der Waals surface area contributed by atoms with Gasteiger partial charge in [0.05, 0.1) is 12.7 Å². The van der Waals surface area contributed by atoms with E-state index >= 15 is 0 Å². The number of ether oxygens (including phenoxy) is 1. The standard InChI is InChI=1S/C15H22N2O2/c1-15(2,3)14(18)17-12-6-4-11(5-7-12)13-10-16-8-9-19-13/h4-7,13,16H,8-10H2,1-3H3,(H,17,18). The predicted octanol–water partition coefficient (Wildman–Crippen LogP) is 2.33. The zero-order valence-corrected chi connectivity index (χ0v) is 11.8. The lowest BCUT2D eigenvalue weighted by Gasteiger charge is -2.24. The number of benzene rings is 1. The quantitative estimate of drug-likeness (QED) is 0.860. The third kappa shape index (κ3) is 3.78. The molecule has 0 bridgehead atoms. The van der Waals surface area contributed by atoms with Gasteiger partial charge >= 0.3 is 0 Å². The van der Waals surface area contributed by atoms with Crippen LogP contribution in [0.1, 0.15) is 32.4 Å². The molecule has 1 aromatic carbocycles. The summed E-state index contributed by atoms with van der Waals surface area (Å²) in [6, 6.07) is 7.87. The molecule has 1 heterocycles. The maximum atomic E-state index is 11.9. The molecule has 0 radical (unpaired) electrons. The average Bonchev–Trinajstić information content (AvgIpc) is 2.39. The number of nitrogens with one attached hydrogen (secondary N) is 2. The summed E-state index contributed by atoms with van der Waals surface area (Å²) in [4.78, 5) is 11.9. The molecular formula is C15H22N2O2. The second kappa shape index (κ2) is 5.72. The van der Waals surface area contributed by atoms with Gasteiger partial charge in [0.25, 0.3) is 0 Å². The molecule has 1 aliphatic rings. The zero-order chi connectivity index (χ0) is 13.9. The van der Waals surface area contributed by atoms with Crippen molar-refractivity contribution in [1.29, 1.82) is 0 Å². The number of hydrogen-bond donors (Lipinski definition) is 2. The molecule has 4 nitrogen and oxygen atoms in total. The van der Waals surface area contributed by atoms with Gasteiger partial charge in [-0.05, 0) is 17.7 Å². The minimum Gasteiger partial charge on any atom is -0.371 e. The van der Waals surface area contributed by atoms with Gasteiger partial charge in [-0.15, -0.1) is 0 Å². The average molecular weight is 262 g/mol. The summed E-state index contributed by atoms with van der Waals surface area (Å²) >= 11 is 0. The van der Waals surface area contributed by atoms with Crippen molar-refractivity contribution in [2.75, 3.05) is 25.0 Å². The summed E-state index contributed by atoms with van der Waals surface area (Å²) in [5, 5.41) is 6.22. The van der Waals surface area contributed by atoms with Gasteiger partial charge < -0.3 is 15.4 Å². The lowest BCUT2D eigenvalue weighted by Crippen LogP contribution is -2.33. The summed E-state index contributed by atoms with van der Waals surface area (Å²) in [6.45, 7) is 8.20. The fourth-order valence-electron chi connectivity index (χ4n) is 1.88. The lowest BCUT2D eigenvalue weighted by molar-refractivity contribution is -0.123. The van der Waals surface area contributed by atoms with E-state index in [-0.39, 0.29) is 17.4 Å². The Morgan fingerprint density at radius 3 is 2.53 bits per heavy atom. The van der Waals surface area contributed by atoms with Gasteiger partial charge in [0.1, 0.15) is 0 Å². The van der Waals surface area contributed by atoms with Crippen LogP contribution in [0.15, 0.2) is 24.3 Å². The molecule has 4 heteroatoms. The first-order chi connectivity index (χ1) is 8.97. The van der Waals surface area contributed by atoms with Crippen LogP contribution in [0.3, 0.4) is 0 Å². The molecule has 19 heavy (non-hydrogen) atoms. The molecule has 2 rings (SSSR count). The van der Waals surface area contributed by atoms with Crippen LogP contribution in [0.2, 0.25) is 0 Å². The zero-order valence-electron chi connectivity index (χ0n) is 11.8. The highest BCUT2D eigenvalue weighted by molar-refractivity contribution is 5.94. The number of anilines is 1. The third-order valence-electron chi connectivity index (χ3n) is 3.15. The molecule has 0 aromatic heterocycles. The van der Waals surface area contributed by atoms with Crippen LogP contribution in [-0.2, 0) is 9.53 Å². The molecule has 1 fully saturated rings. The second-order valence-electron chi connectivity index (χ2n) is 5.89. The van der Waals surface area contributed by atoms with Crippen molar-refractivity contribution >= 4 is 11.6 Å². The van der Waals surface area contributed by atoms with Crippen LogP contribution < -0.4 is 10.6 Å². The molecule has 0 spiro atoms. The van der Waals surface area contributed by atoms with Crippen LogP contribution in [0.5, 0.6) is 0 Å². The maximum absolute atomic E-state index is 11.9. The largest absolute Gasteiger partial charge is 0.371 e. The van der Waals surface area contributed by atoms with Crippen LogP contribution >= 0.6 is 0 Å². The number of morpholine rings is 1. The van der Waals surface area contributed by atoms with Crippen molar-refractivity contribution in [1.82, 2.24) is 5.32 Å². The Morgan fingerprint density at radius 1 is 1.32 bits per heavy atom. The van der Waals surface area contributed by atoms with Gasteiger partial charge in [-0.25, -0.2) is 0 Å². The van der Waals surface area contributed by atoms with E-state index in [1.165, 1.54) is 0 Å². The Morgan fingerprint density at radius 2 is 2.00 bits per heavy atom. The SMILES string of the molecule is CC(C)(C)C(=O)Nc1ccc(C2CNCCO2)cc1. The summed E-state index contributed by atoms with van der Waals surface area (Å²) in [7, 11) is 0. The molecule has 1 unspecified atom stereocenters. The topological polar surface area (TPSA) is 50.4 Å². The third-order valence-corrected chi connectivity index (χ3v) is 3.15. The molecule has 0 aliphatic carbocycles. The Balaban J connectivity index is 2.00. The maximum Gasteiger partial charge on any atom is 0.229 e. The van der Waals surface area contributed by atoms with E-state index in [0.717, 1.165) is 30.9 Å². The van der Waals surface area contributed by atoms with Crippen molar-refractivity contribution in [2.24, 2.45) is 5.41 Å². The van der Waals surface area contributed by atoms with Crippen molar-refractivity contribution < 1.29 is 9.53 Å². The van der Waals surface area contributed by atoms with Crippen LogP contribution in [0.25, 0.3) is 0 Å². The van der Waals surface area contributed by atoms with E-state index in [1.54, 1.807) is 0 Å². The van der Waals surface area contributed by atoms with Gasteiger partial charge in [0.15, 0.2) is 0 Å². The van der Waals surface area contributed by atoms with Crippen molar-refractivity contribution in [3.8, 4) is 0 Å². The highest BCUT2D eigenvalue weighted by Crippen LogP contribution is 2.22. The summed E-state index contributed by atoms with van der Waals surface area (Å²) in [6.07, 6.45) is 0.112. The highest BCUT2D eigenvalue weighted by atomic mass is 16.5. The minimum atomic E-state index is -0.380. The van der Waals surface area contributed by atoms with Crippen LogP contribution in [0, 0.1) is 5.41 Å². The van der Waals surface area contributed by atoms with E-state index in [4.69, 9.17) is 4.74 Å². The Bertz CT molecular complexity index is 428. The molecule has 1 aromatic rings. The molecule has 1 amide bonds. The van der Waals surface area contributed by atoms with E-state index in [0.29, 0.717) is 0 Å². The normalized spacial score (nSPS) is 20.1. The number of carbonyl (C=O) groups excluding carboxylic acids is 1. The number of carbonyl (C=O) groups is 1. The van der Waals surface area contributed by atoms with Gasteiger partial charge in [-0.2, -0.15) is 0 Å². The highest BCUT2D eigenvalue weighted by Gasteiger charge is 2.21. The first-order valence-electron chi connectivity index (χ1n) is 6.70. The molecule has 104 valence electrons. The number of hydrogen-bond acceptors (Lipinski definition) is 3. The van der Waals surface area contributed by atoms with Crippen LogP contribution in [0.4, 0.5) is 5.69 Å². The van der Waals surface area contributed by atoms with Gasteiger partial charge in [0, 0.05) is 24.2 Å². The molecule has 1 atom stereocenters. The summed E-state index contributed by atoms with van der Waals surface area (Å²) < 4.78 is 5.69. The monoisotopic (exact) mass is 262 g/mol. The first-order valence-corrected chi connectivity index (χ1v) is 6.70. The van der Waals surface area contributed by atoms with Crippen molar-refractivity contribution in [3.63, 3.8) is 0 Å². The molecule has 2 N–H and O–H groups in total. The predicted molar refractivity (Wildman–Crippen MR) is 76.1 cm³/mol. The van der Waals surface area contributed by atoms with Crippen molar-refractivity contribution in [3.05, 3.63) is 29.8 Å². The lowest BCUT2D eigenvalue weighted by atomic mass is 9.95. The van der Waals surface area contributed by atoms with E-state index in [2.05, 4.69) is 10.6 Å². The van der Waals surface area contributed by atoms with Crippen LogP contribution in [-0.4, -0.2) is 25.6 Å².